The molecule has 43 heavy (non-hydrogen) atoms. The maximum absolute atomic E-state index is 6.34. The Morgan fingerprint density at radius 2 is 1.12 bits per heavy atom. The minimum atomic E-state index is 0.918. The van der Waals surface area contributed by atoms with Crippen LogP contribution in [0, 0.1) is 0 Å². The van der Waals surface area contributed by atoms with Crippen LogP contribution in [-0.4, -0.2) is 0 Å². The van der Waals surface area contributed by atoms with E-state index in [0.29, 0.717) is 0 Å². The Kier molecular flexibility index (Phi) is 5.40. The molecule has 0 fully saturated rings. The molecule has 2 nitrogen and oxygen atoms in total. The van der Waals surface area contributed by atoms with Gasteiger partial charge in [-0.05, 0) is 77.0 Å². The number of rotatable bonds is 4. The van der Waals surface area contributed by atoms with E-state index in [2.05, 4.69) is 144 Å². The highest BCUT2D eigenvalue weighted by Crippen LogP contribution is 2.42. The molecule has 9 aromatic rings. The lowest BCUT2D eigenvalue weighted by atomic mass is 10.0. The van der Waals surface area contributed by atoms with Crippen molar-refractivity contribution in [3.05, 3.63) is 152 Å². The standard InChI is InChI=1S/C40H25NOS/c1-2-11-29(12-3-1)41(31-21-22-38-36(25-31)35-23-27-9-4-5-10-28(27)24-39(35)43-38)30-19-17-26(18-20-30)32-14-8-15-34-33-13-6-7-16-37(33)42-40(32)34/h1-25H. The summed E-state index contributed by atoms with van der Waals surface area (Å²) in [5.74, 6) is 0. The van der Waals surface area contributed by atoms with Crippen molar-refractivity contribution < 1.29 is 4.42 Å². The molecule has 202 valence electrons. The highest BCUT2D eigenvalue weighted by molar-refractivity contribution is 7.25. The Morgan fingerprint density at radius 1 is 0.442 bits per heavy atom. The summed E-state index contributed by atoms with van der Waals surface area (Å²) in [7, 11) is 0. The first-order chi connectivity index (χ1) is 21.3. The van der Waals surface area contributed by atoms with E-state index < -0.39 is 0 Å². The predicted octanol–water partition coefficient (Wildman–Crippen LogP) is 12.2. The largest absolute Gasteiger partial charge is 0.455 e. The molecule has 0 saturated heterocycles. The zero-order chi connectivity index (χ0) is 28.3. The number of benzene rings is 7. The Hall–Kier alpha value is -5.38. The van der Waals surface area contributed by atoms with Crippen LogP contribution >= 0.6 is 11.3 Å². The Bertz CT molecular complexity index is 2450. The molecule has 0 saturated carbocycles. The Morgan fingerprint density at radius 3 is 1.98 bits per heavy atom. The average molecular weight is 568 g/mol. The van der Waals surface area contributed by atoms with Crippen LogP contribution in [0.3, 0.4) is 0 Å². The fourth-order valence-electron chi connectivity index (χ4n) is 6.38. The summed E-state index contributed by atoms with van der Waals surface area (Å²) in [6, 6.07) is 54.3. The van der Waals surface area contributed by atoms with Gasteiger partial charge < -0.3 is 9.32 Å². The van der Waals surface area contributed by atoms with Crippen molar-refractivity contribution in [1.29, 1.82) is 0 Å². The van der Waals surface area contributed by atoms with Crippen LogP contribution in [0.4, 0.5) is 17.1 Å². The molecular formula is C40H25NOS. The first-order valence-corrected chi connectivity index (χ1v) is 15.3. The molecule has 0 N–H and O–H groups in total. The fourth-order valence-corrected chi connectivity index (χ4v) is 7.49. The van der Waals surface area contributed by atoms with Gasteiger partial charge in [0.1, 0.15) is 11.2 Å². The predicted molar refractivity (Wildman–Crippen MR) is 184 cm³/mol. The molecule has 0 radical (unpaired) electrons. The molecule has 0 spiro atoms. The molecule has 7 aromatic carbocycles. The second-order valence-corrected chi connectivity index (χ2v) is 12.1. The van der Waals surface area contributed by atoms with Gasteiger partial charge in [-0.2, -0.15) is 0 Å². The highest BCUT2D eigenvalue weighted by atomic mass is 32.1. The summed E-state index contributed by atoms with van der Waals surface area (Å²) in [6.45, 7) is 0. The van der Waals surface area contributed by atoms with Crippen molar-refractivity contribution in [2.75, 3.05) is 4.90 Å². The minimum Gasteiger partial charge on any atom is -0.455 e. The lowest BCUT2D eigenvalue weighted by Gasteiger charge is -2.26. The second kappa shape index (κ2) is 9.59. The second-order valence-electron chi connectivity index (χ2n) is 11.0. The van der Waals surface area contributed by atoms with E-state index in [1.54, 1.807) is 0 Å². The molecule has 2 heterocycles. The highest BCUT2D eigenvalue weighted by Gasteiger charge is 2.16. The van der Waals surface area contributed by atoms with Crippen LogP contribution in [0.2, 0.25) is 0 Å². The van der Waals surface area contributed by atoms with Gasteiger partial charge in [0.15, 0.2) is 0 Å². The fraction of sp³-hybridized carbons (Fsp3) is 0. The van der Waals surface area contributed by atoms with Crippen LogP contribution in [0.5, 0.6) is 0 Å². The summed E-state index contributed by atoms with van der Waals surface area (Å²) in [5, 5.41) is 7.45. The zero-order valence-electron chi connectivity index (χ0n) is 23.2. The number of hydrogen-bond acceptors (Lipinski definition) is 3. The van der Waals surface area contributed by atoms with E-state index in [1.165, 1.54) is 30.9 Å². The van der Waals surface area contributed by atoms with Crippen molar-refractivity contribution in [2.24, 2.45) is 0 Å². The molecule has 0 amide bonds. The van der Waals surface area contributed by atoms with Crippen LogP contribution < -0.4 is 4.90 Å². The molecule has 0 aliphatic rings. The van der Waals surface area contributed by atoms with E-state index in [4.69, 9.17) is 4.42 Å². The number of anilines is 3. The van der Waals surface area contributed by atoms with Crippen LogP contribution in [0.1, 0.15) is 0 Å². The van der Waals surface area contributed by atoms with Crippen molar-refractivity contribution in [3.63, 3.8) is 0 Å². The van der Waals surface area contributed by atoms with Crippen molar-refractivity contribution in [3.8, 4) is 11.1 Å². The summed E-state index contributed by atoms with van der Waals surface area (Å²) >= 11 is 1.86. The Balaban J connectivity index is 1.18. The topological polar surface area (TPSA) is 16.4 Å². The van der Waals surface area contributed by atoms with Gasteiger partial charge in [0.25, 0.3) is 0 Å². The molecular weight excluding hydrogens is 543 g/mol. The van der Waals surface area contributed by atoms with Crippen LogP contribution in [0.15, 0.2) is 156 Å². The van der Waals surface area contributed by atoms with Gasteiger partial charge in [-0.15, -0.1) is 11.3 Å². The van der Waals surface area contributed by atoms with E-state index in [-0.39, 0.29) is 0 Å². The van der Waals surface area contributed by atoms with Crippen LogP contribution in [0.25, 0.3) is 64.0 Å². The van der Waals surface area contributed by atoms with Gasteiger partial charge in [0.2, 0.25) is 0 Å². The Labute approximate surface area is 252 Å². The summed E-state index contributed by atoms with van der Waals surface area (Å²) < 4.78 is 8.96. The van der Waals surface area contributed by atoms with E-state index in [9.17, 15) is 0 Å². The summed E-state index contributed by atoms with van der Waals surface area (Å²) in [4.78, 5) is 2.34. The quantitative estimate of drug-likeness (QED) is 0.210. The van der Waals surface area contributed by atoms with Gasteiger partial charge >= 0.3 is 0 Å². The third-order valence-electron chi connectivity index (χ3n) is 8.43. The third kappa shape index (κ3) is 3.93. The third-order valence-corrected chi connectivity index (χ3v) is 9.57. The number of nitrogens with zero attached hydrogens (tertiary/aromatic N) is 1. The molecule has 3 heteroatoms. The number of thiophene rings is 1. The van der Waals surface area contributed by atoms with Crippen molar-refractivity contribution in [1.82, 2.24) is 0 Å². The minimum absolute atomic E-state index is 0.918. The van der Waals surface area contributed by atoms with Crippen molar-refractivity contribution in [2.45, 2.75) is 0 Å². The number of para-hydroxylation sites is 3. The zero-order valence-corrected chi connectivity index (χ0v) is 24.0. The monoisotopic (exact) mass is 567 g/mol. The smallest absolute Gasteiger partial charge is 0.143 e. The first kappa shape index (κ1) is 24.2. The lowest BCUT2D eigenvalue weighted by molar-refractivity contribution is 0.670. The summed E-state index contributed by atoms with van der Waals surface area (Å²) in [6.07, 6.45) is 0. The van der Waals surface area contributed by atoms with Gasteiger partial charge in [-0.3, -0.25) is 0 Å². The molecule has 2 aromatic heterocycles. The van der Waals surface area contributed by atoms with Gasteiger partial charge in [-0.1, -0.05) is 91.0 Å². The molecule has 0 bridgehead atoms. The average Bonchev–Trinajstić information content (AvgIpc) is 3.62. The first-order valence-electron chi connectivity index (χ1n) is 14.5. The van der Waals surface area contributed by atoms with E-state index >= 15 is 0 Å². The maximum Gasteiger partial charge on any atom is 0.143 e. The van der Waals surface area contributed by atoms with E-state index in [0.717, 1.165) is 50.1 Å². The number of furan rings is 1. The van der Waals surface area contributed by atoms with Gasteiger partial charge in [0, 0.05) is 53.6 Å². The lowest BCUT2D eigenvalue weighted by Crippen LogP contribution is -2.09. The maximum atomic E-state index is 6.34. The van der Waals surface area contributed by atoms with Crippen LogP contribution in [-0.2, 0) is 0 Å². The number of hydrogen-bond donors (Lipinski definition) is 0. The van der Waals surface area contributed by atoms with E-state index in [1.807, 2.05) is 23.5 Å². The summed E-state index contributed by atoms with van der Waals surface area (Å²) in [5.41, 5.74) is 7.45. The van der Waals surface area contributed by atoms with Gasteiger partial charge in [-0.25, -0.2) is 0 Å². The number of fused-ring (bicyclic) bond motifs is 7. The molecule has 0 aliphatic heterocycles. The molecule has 9 rings (SSSR count). The van der Waals surface area contributed by atoms with Crippen molar-refractivity contribution >= 4 is 81.3 Å². The molecule has 0 atom stereocenters. The molecule has 0 unspecified atom stereocenters. The van der Waals surface area contributed by atoms with Gasteiger partial charge in [0.05, 0.1) is 0 Å². The normalized spacial score (nSPS) is 11.7. The SMILES string of the molecule is c1ccc(N(c2ccc(-c3cccc4c3oc3ccccc34)cc2)c2ccc3sc4cc5ccccc5cc4c3c2)cc1. The molecule has 0 aliphatic carbocycles.